The zero-order chi connectivity index (χ0) is 5.86. The van der Waals surface area contributed by atoms with E-state index >= 15 is 0 Å². The molecule has 0 spiro atoms. The van der Waals surface area contributed by atoms with Gasteiger partial charge in [-0.3, -0.25) is 0 Å². The van der Waals surface area contributed by atoms with Crippen LogP contribution in [0.25, 0.3) is 0 Å². The lowest BCUT2D eigenvalue weighted by molar-refractivity contribution is 0.971. The molecular formula is C5H9Br2. The Hall–Kier alpha value is 0.960. The third-order valence-corrected chi connectivity index (χ3v) is 3.52. The van der Waals surface area contributed by atoms with E-state index in [0.717, 1.165) is 5.33 Å². The molecule has 0 heterocycles. The summed E-state index contributed by atoms with van der Waals surface area (Å²) in [5, 5.41) is 1.01. The molecule has 0 bridgehead atoms. The highest BCUT2D eigenvalue weighted by molar-refractivity contribution is 9.12. The van der Waals surface area contributed by atoms with Crippen molar-refractivity contribution in [3.63, 3.8) is 0 Å². The summed E-state index contributed by atoms with van der Waals surface area (Å²) in [6, 6.07) is 0. The van der Waals surface area contributed by atoms with Crippen LogP contribution < -0.4 is 0 Å². The van der Waals surface area contributed by atoms with Gasteiger partial charge in [0.1, 0.15) is 0 Å². The quantitative estimate of drug-likeness (QED) is 0.638. The van der Waals surface area contributed by atoms with E-state index < -0.39 is 0 Å². The summed E-state index contributed by atoms with van der Waals surface area (Å²) in [6.07, 6.45) is 0. The maximum Gasteiger partial charge on any atom is 0.0299 e. The lowest BCUT2D eigenvalue weighted by Gasteiger charge is -2.06. The first-order chi connectivity index (χ1) is 3.18. The fourth-order valence-corrected chi connectivity index (χ4v) is 0.802. The van der Waals surface area contributed by atoms with Crippen LogP contribution in [0.15, 0.2) is 0 Å². The molecule has 0 saturated carbocycles. The van der Waals surface area contributed by atoms with Crippen LogP contribution in [0.2, 0.25) is 0 Å². The zero-order valence-electron chi connectivity index (χ0n) is 4.54. The molecule has 43 valence electrons. The normalized spacial score (nSPS) is 15.0. The second-order valence-corrected chi connectivity index (χ2v) is 3.45. The molecule has 0 amide bonds. The summed E-state index contributed by atoms with van der Waals surface area (Å²) in [5.74, 6) is 1.41. The van der Waals surface area contributed by atoms with Crippen LogP contribution in [0.3, 0.4) is 0 Å². The van der Waals surface area contributed by atoms with Gasteiger partial charge in [-0.2, -0.15) is 0 Å². The third-order valence-electron chi connectivity index (χ3n) is 0.762. The van der Waals surface area contributed by atoms with Gasteiger partial charge >= 0.3 is 0 Å². The van der Waals surface area contributed by atoms with Crippen molar-refractivity contribution in [2.24, 2.45) is 0 Å². The molecule has 0 saturated heterocycles. The minimum Gasteiger partial charge on any atom is -0.0916 e. The predicted molar refractivity (Wildman–Crippen MR) is 41.1 cm³/mol. The third kappa shape index (κ3) is 3.53. The van der Waals surface area contributed by atoms with Crippen LogP contribution in [-0.2, 0) is 0 Å². The van der Waals surface area contributed by atoms with Crippen molar-refractivity contribution in [1.29, 1.82) is 0 Å². The standard InChI is InChI=1S/C5H9Br2/c1-4(2)5(7)3-6/h5H,3H2,1-2H3. The average molecular weight is 229 g/mol. The molecule has 1 atom stereocenters. The minimum atomic E-state index is 0.549. The predicted octanol–water partition coefficient (Wildman–Crippen LogP) is 2.76. The molecule has 0 aliphatic heterocycles. The van der Waals surface area contributed by atoms with Gasteiger partial charge in [-0.15, -0.1) is 0 Å². The Morgan fingerprint density at radius 3 is 2.00 bits per heavy atom. The van der Waals surface area contributed by atoms with E-state index in [4.69, 9.17) is 0 Å². The molecule has 1 radical (unpaired) electrons. The van der Waals surface area contributed by atoms with Crippen LogP contribution >= 0.6 is 31.9 Å². The Morgan fingerprint density at radius 1 is 1.57 bits per heavy atom. The summed E-state index contributed by atoms with van der Waals surface area (Å²) in [4.78, 5) is 0.549. The first-order valence-electron chi connectivity index (χ1n) is 2.18. The average Bonchev–Trinajstić information content (AvgIpc) is 1.65. The van der Waals surface area contributed by atoms with Gasteiger partial charge in [0.2, 0.25) is 0 Å². The van der Waals surface area contributed by atoms with E-state index in [1.165, 1.54) is 5.92 Å². The van der Waals surface area contributed by atoms with E-state index in [1.54, 1.807) is 0 Å². The fourth-order valence-electron chi connectivity index (χ4n) is 0.154. The SMILES string of the molecule is C[C](C)C(Br)CBr. The van der Waals surface area contributed by atoms with Crippen LogP contribution in [0.5, 0.6) is 0 Å². The minimum absolute atomic E-state index is 0.549. The number of halogens is 2. The monoisotopic (exact) mass is 227 g/mol. The molecule has 0 aromatic carbocycles. The molecule has 0 aliphatic carbocycles. The van der Waals surface area contributed by atoms with Crippen LogP contribution in [0, 0.1) is 5.92 Å². The molecule has 0 N–H and O–H groups in total. The molecular weight excluding hydrogens is 220 g/mol. The van der Waals surface area contributed by atoms with Crippen LogP contribution in [0.4, 0.5) is 0 Å². The Balaban J connectivity index is 3.14. The van der Waals surface area contributed by atoms with Gasteiger partial charge < -0.3 is 0 Å². The first-order valence-corrected chi connectivity index (χ1v) is 4.22. The van der Waals surface area contributed by atoms with Gasteiger partial charge in [0.25, 0.3) is 0 Å². The van der Waals surface area contributed by atoms with Crippen molar-refractivity contribution in [3.05, 3.63) is 5.92 Å². The Morgan fingerprint density at radius 2 is 2.00 bits per heavy atom. The van der Waals surface area contributed by atoms with Gasteiger partial charge in [0.05, 0.1) is 0 Å². The van der Waals surface area contributed by atoms with Crippen molar-refractivity contribution >= 4 is 31.9 Å². The molecule has 1 unspecified atom stereocenters. The van der Waals surface area contributed by atoms with E-state index in [9.17, 15) is 0 Å². The smallest absolute Gasteiger partial charge is 0.0299 e. The second-order valence-electron chi connectivity index (χ2n) is 1.70. The summed E-state index contributed by atoms with van der Waals surface area (Å²) >= 11 is 6.80. The van der Waals surface area contributed by atoms with Crippen molar-refractivity contribution in [2.45, 2.75) is 18.7 Å². The summed E-state index contributed by atoms with van der Waals surface area (Å²) < 4.78 is 0. The fraction of sp³-hybridized carbons (Fsp3) is 0.800. The number of rotatable bonds is 2. The van der Waals surface area contributed by atoms with Crippen molar-refractivity contribution < 1.29 is 0 Å². The van der Waals surface area contributed by atoms with Gasteiger partial charge in [0.15, 0.2) is 0 Å². The van der Waals surface area contributed by atoms with Crippen molar-refractivity contribution in [2.75, 3.05) is 5.33 Å². The van der Waals surface area contributed by atoms with Crippen LogP contribution in [-0.4, -0.2) is 10.2 Å². The maximum absolute atomic E-state index is 3.46. The number of hydrogen-bond donors (Lipinski definition) is 0. The number of alkyl halides is 2. The second kappa shape index (κ2) is 3.90. The lowest BCUT2D eigenvalue weighted by Crippen LogP contribution is -2.04. The summed E-state index contributed by atoms with van der Waals surface area (Å²) in [6.45, 7) is 4.22. The molecule has 0 aliphatic rings. The molecule has 0 rings (SSSR count). The van der Waals surface area contributed by atoms with Crippen molar-refractivity contribution in [3.8, 4) is 0 Å². The Bertz CT molecular complexity index is 43.3. The molecule has 2 heteroatoms. The topological polar surface area (TPSA) is 0 Å². The largest absolute Gasteiger partial charge is 0.0916 e. The highest BCUT2D eigenvalue weighted by Crippen LogP contribution is 2.15. The first kappa shape index (κ1) is 7.96. The number of hydrogen-bond acceptors (Lipinski definition) is 0. The molecule has 0 aromatic rings. The highest BCUT2D eigenvalue weighted by Gasteiger charge is 2.05. The van der Waals surface area contributed by atoms with Gasteiger partial charge in [-0.05, 0) is 5.92 Å². The van der Waals surface area contributed by atoms with Crippen molar-refractivity contribution in [1.82, 2.24) is 0 Å². The van der Waals surface area contributed by atoms with Gasteiger partial charge in [-0.1, -0.05) is 45.7 Å². The van der Waals surface area contributed by atoms with Gasteiger partial charge in [0, 0.05) is 10.2 Å². The molecule has 0 fully saturated rings. The Kier molecular flexibility index (Phi) is 4.44. The molecule has 0 nitrogen and oxygen atoms in total. The van der Waals surface area contributed by atoms with Gasteiger partial charge in [-0.25, -0.2) is 0 Å². The van der Waals surface area contributed by atoms with E-state index in [-0.39, 0.29) is 0 Å². The summed E-state index contributed by atoms with van der Waals surface area (Å²) in [7, 11) is 0. The molecule has 0 aromatic heterocycles. The van der Waals surface area contributed by atoms with E-state index in [0.29, 0.717) is 4.83 Å². The van der Waals surface area contributed by atoms with E-state index in [1.807, 2.05) is 0 Å². The van der Waals surface area contributed by atoms with Crippen LogP contribution in [0.1, 0.15) is 13.8 Å². The lowest BCUT2D eigenvalue weighted by atomic mass is 10.2. The van der Waals surface area contributed by atoms with E-state index in [2.05, 4.69) is 45.7 Å². The molecule has 7 heavy (non-hydrogen) atoms. The maximum atomic E-state index is 3.46. The Labute approximate surface area is 61.9 Å². The highest BCUT2D eigenvalue weighted by atomic mass is 79.9. The zero-order valence-corrected chi connectivity index (χ0v) is 7.71. The summed E-state index contributed by atoms with van der Waals surface area (Å²) in [5.41, 5.74) is 0.